The van der Waals surface area contributed by atoms with E-state index < -0.39 is 0 Å². The third-order valence-electron chi connectivity index (χ3n) is 2.11. The summed E-state index contributed by atoms with van der Waals surface area (Å²) in [4.78, 5) is 0. The van der Waals surface area contributed by atoms with Crippen LogP contribution in [0.15, 0.2) is 12.8 Å². The van der Waals surface area contributed by atoms with Crippen LogP contribution in [0.1, 0.15) is 45.4 Å². The Morgan fingerprint density at radius 3 is 2.50 bits per heavy atom. The highest BCUT2D eigenvalue weighted by Crippen LogP contribution is 2.09. The highest BCUT2D eigenvalue weighted by Gasteiger charge is 1.91. The van der Waals surface area contributed by atoms with Gasteiger partial charge in [0, 0.05) is 5.75 Å². The van der Waals surface area contributed by atoms with Gasteiger partial charge in [-0.25, -0.2) is 0 Å². The number of unbranched alkanes of at least 4 members (excludes halogenated alkanes) is 5. The number of thioether (sulfide) groups is 1. The summed E-state index contributed by atoms with van der Waals surface area (Å²) in [5.41, 5.74) is 0. The Balaban J connectivity index is 2.81. The topological polar surface area (TPSA) is 9.23 Å². The highest BCUT2D eigenvalue weighted by atomic mass is 32.2. The van der Waals surface area contributed by atoms with E-state index in [-0.39, 0.29) is 0 Å². The van der Waals surface area contributed by atoms with E-state index in [1.165, 1.54) is 50.5 Å². The van der Waals surface area contributed by atoms with Crippen LogP contribution in [-0.2, 0) is 4.74 Å². The van der Waals surface area contributed by atoms with Gasteiger partial charge in [0.15, 0.2) is 0 Å². The second kappa shape index (κ2) is 12.9. The zero-order valence-electron chi connectivity index (χ0n) is 9.46. The molecule has 0 rings (SSSR count). The largest absolute Gasteiger partial charge is 0.501 e. The van der Waals surface area contributed by atoms with E-state index in [1.54, 1.807) is 0 Å². The molecule has 0 aliphatic carbocycles. The quantitative estimate of drug-likeness (QED) is 0.377. The molecule has 0 atom stereocenters. The first kappa shape index (κ1) is 13.9. The van der Waals surface area contributed by atoms with Crippen LogP contribution in [0, 0.1) is 0 Å². The lowest BCUT2D eigenvalue weighted by molar-refractivity contribution is 0.274. The fourth-order valence-electron chi connectivity index (χ4n) is 1.28. The first-order chi connectivity index (χ1) is 6.91. The van der Waals surface area contributed by atoms with Crippen LogP contribution in [0.3, 0.4) is 0 Å². The predicted octanol–water partition coefficient (Wildman–Crippen LogP) is 4.24. The molecule has 0 aromatic rings. The van der Waals surface area contributed by atoms with Crippen LogP contribution in [-0.4, -0.2) is 18.1 Å². The molecule has 2 heteroatoms. The van der Waals surface area contributed by atoms with Gasteiger partial charge in [-0.05, 0) is 12.2 Å². The molecule has 0 bridgehead atoms. The Bertz CT molecular complexity index is 115. The Morgan fingerprint density at radius 2 is 1.79 bits per heavy atom. The lowest BCUT2D eigenvalue weighted by Crippen LogP contribution is -1.92. The van der Waals surface area contributed by atoms with Gasteiger partial charge in [-0.1, -0.05) is 45.6 Å². The van der Waals surface area contributed by atoms with Gasteiger partial charge in [0.1, 0.15) is 0 Å². The fraction of sp³-hybridized carbons (Fsp3) is 0.833. The van der Waals surface area contributed by atoms with Crippen molar-refractivity contribution < 1.29 is 4.74 Å². The smallest absolute Gasteiger partial charge is 0.0963 e. The monoisotopic (exact) mass is 216 g/mol. The molecule has 0 N–H and O–H groups in total. The minimum absolute atomic E-state index is 0.810. The van der Waals surface area contributed by atoms with Crippen molar-refractivity contribution in [2.45, 2.75) is 45.4 Å². The number of rotatable bonds is 11. The van der Waals surface area contributed by atoms with Crippen molar-refractivity contribution >= 4 is 11.8 Å². The maximum absolute atomic E-state index is 5.04. The Morgan fingerprint density at radius 1 is 1.07 bits per heavy atom. The van der Waals surface area contributed by atoms with Gasteiger partial charge >= 0.3 is 0 Å². The van der Waals surface area contributed by atoms with Gasteiger partial charge in [0.2, 0.25) is 0 Å². The molecule has 0 radical (unpaired) electrons. The van der Waals surface area contributed by atoms with Crippen molar-refractivity contribution in [1.82, 2.24) is 0 Å². The highest BCUT2D eigenvalue weighted by molar-refractivity contribution is 7.99. The molecule has 0 saturated carbocycles. The molecule has 0 spiro atoms. The van der Waals surface area contributed by atoms with E-state index in [4.69, 9.17) is 4.74 Å². The second-order valence-corrected chi connectivity index (χ2v) is 4.64. The molecule has 0 aromatic heterocycles. The molecule has 84 valence electrons. The van der Waals surface area contributed by atoms with Crippen LogP contribution in [0.4, 0.5) is 0 Å². The van der Waals surface area contributed by atoms with Gasteiger partial charge in [-0.3, -0.25) is 0 Å². The summed E-state index contributed by atoms with van der Waals surface area (Å²) in [6.45, 7) is 6.57. The molecule has 0 heterocycles. The summed E-state index contributed by atoms with van der Waals surface area (Å²) in [7, 11) is 0. The van der Waals surface area contributed by atoms with Crippen molar-refractivity contribution in [2.75, 3.05) is 18.1 Å². The summed E-state index contributed by atoms with van der Waals surface area (Å²) in [6, 6.07) is 0. The van der Waals surface area contributed by atoms with Gasteiger partial charge in [-0.15, -0.1) is 0 Å². The molecule has 0 aromatic carbocycles. The van der Waals surface area contributed by atoms with Crippen LogP contribution in [0.2, 0.25) is 0 Å². The lowest BCUT2D eigenvalue weighted by atomic mass is 10.1. The first-order valence-electron chi connectivity index (χ1n) is 5.72. The lowest BCUT2D eigenvalue weighted by Gasteiger charge is -2.01. The van der Waals surface area contributed by atoms with Crippen molar-refractivity contribution in [2.24, 2.45) is 0 Å². The van der Waals surface area contributed by atoms with E-state index in [9.17, 15) is 0 Å². The van der Waals surface area contributed by atoms with Crippen LogP contribution in [0.5, 0.6) is 0 Å². The molecule has 14 heavy (non-hydrogen) atoms. The summed E-state index contributed by atoms with van der Waals surface area (Å²) >= 11 is 1.98. The average Bonchev–Trinajstić information content (AvgIpc) is 2.21. The van der Waals surface area contributed by atoms with Gasteiger partial charge in [0.05, 0.1) is 12.9 Å². The summed E-state index contributed by atoms with van der Waals surface area (Å²) in [6.07, 6.45) is 9.86. The van der Waals surface area contributed by atoms with Crippen molar-refractivity contribution in [3.63, 3.8) is 0 Å². The van der Waals surface area contributed by atoms with Crippen molar-refractivity contribution in [3.8, 4) is 0 Å². The molecule has 1 nitrogen and oxygen atoms in total. The molecule has 0 amide bonds. The number of hydrogen-bond acceptors (Lipinski definition) is 2. The maximum atomic E-state index is 5.04. The molecular formula is C12H24OS. The van der Waals surface area contributed by atoms with Crippen molar-refractivity contribution in [1.29, 1.82) is 0 Å². The Labute approximate surface area is 93.3 Å². The zero-order valence-corrected chi connectivity index (χ0v) is 10.3. The molecular weight excluding hydrogens is 192 g/mol. The molecule has 0 aliphatic rings. The zero-order chi connectivity index (χ0) is 10.5. The molecule has 0 aliphatic heterocycles. The maximum Gasteiger partial charge on any atom is 0.0963 e. The van der Waals surface area contributed by atoms with E-state index in [0.717, 1.165) is 12.4 Å². The third kappa shape index (κ3) is 11.9. The van der Waals surface area contributed by atoms with Crippen LogP contribution >= 0.6 is 11.8 Å². The van der Waals surface area contributed by atoms with E-state index in [2.05, 4.69) is 13.5 Å². The van der Waals surface area contributed by atoms with Crippen molar-refractivity contribution in [3.05, 3.63) is 12.8 Å². The molecule has 0 saturated heterocycles. The number of hydrogen-bond donors (Lipinski definition) is 0. The Hall–Kier alpha value is -0.110. The molecule has 0 fully saturated rings. The second-order valence-electron chi connectivity index (χ2n) is 3.42. The normalized spacial score (nSPS) is 10.1. The summed E-state index contributed by atoms with van der Waals surface area (Å²) in [5.74, 6) is 2.38. The van der Waals surface area contributed by atoms with Crippen LogP contribution < -0.4 is 0 Å². The van der Waals surface area contributed by atoms with E-state index in [1.807, 2.05) is 11.8 Å². The Kier molecular flexibility index (Phi) is 12.8. The summed E-state index contributed by atoms with van der Waals surface area (Å²) < 4.78 is 5.04. The van der Waals surface area contributed by atoms with Gasteiger partial charge in [0.25, 0.3) is 0 Å². The minimum atomic E-state index is 0.810. The minimum Gasteiger partial charge on any atom is -0.501 e. The summed E-state index contributed by atoms with van der Waals surface area (Å²) in [5, 5.41) is 0. The van der Waals surface area contributed by atoms with E-state index >= 15 is 0 Å². The fourth-order valence-corrected chi connectivity index (χ4v) is 2.10. The van der Waals surface area contributed by atoms with E-state index in [0.29, 0.717) is 0 Å². The first-order valence-corrected chi connectivity index (χ1v) is 6.87. The average molecular weight is 216 g/mol. The van der Waals surface area contributed by atoms with Crippen LogP contribution in [0.25, 0.3) is 0 Å². The standard InChI is InChI=1S/C12H24OS/c1-3-5-6-7-8-9-11-14-12-10-13-4-2/h4H,2-3,5-12H2,1H3. The SMILES string of the molecule is C=COCCSCCCCCCCC. The predicted molar refractivity (Wildman–Crippen MR) is 66.9 cm³/mol. The van der Waals surface area contributed by atoms with Gasteiger partial charge < -0.3 is 4.74 Å². The third-order valence-corrected chi connectivity index (χ3v) is 3.14. The molecule has 0 unspecified atom stereocenters. The number of ether oxygens (including phenoxy) is 1. The van der Waals surface area contributed by atoms with Gasteiger partial charge in [-0.2, -0.15) is 11.8 Å².